The zero-order chi connectivity index (χ0) is 16.4. The van der Waals surface area contributed by atoms with E-state index in [-0.39, 0.29) is 0 Å². The van der Waals surface area contributed by atoms with Gasteiger partial charge >= 0.3 is 0 Å². The van der Waals surface area contributed by atoms with Crippen LogP contribution in [0.1, 0.15) is 5.56 Å². The van der Waals surface area contributed by atoms with Crippen LogP contribution in [0, 0.1) is 11.3 Å². The summed E-state index contributed by atoms with van der Waals surface area (Å²) in [5.74, 6) is 0.894. The molecule has 0 saturated heterocycles. The number of nitrogens with zero attached hydrogens (tertiary/aromatic N) is 2. The molecule has 0 saturated carbocycles. The summed E-state index contributed by atoms with van der Waals surface area (Å²) in [5.41, 5.74) is 1.77. The molecule has 1 aromatic heterocycles. The van der Waals surface area contributed by atoms with Gasteiger partial charge in [-0.1, -0.05) is 54.6 Å². The summed E-state index contributed by atoms with van der Waals surface area (Å²) in [5, 5.41) is 12.6. The molecule has 4 aromatic rings. The van der Waals surface area contributed by atoms with Crippen LogP contribution >= 0.6 is 0 Å². The Labute approximate surface area is 140 Å². The number of hydrogen-bond acceptors (Lipinski definition) is 2. The lowest BCUT2D eigenvalue weighted by Crippen LogP contribution is -2.07. The Morgan fingerprint density at radius 1 is 0.875 bits per heavy atom. The highest BCUT2D eigenvalue weighted by Gasteiger charge is 2.07. The summed E-state index contributed by atoms with van der Waals surface area (Å²) < 4.78 is 8.09. The first-order chi connectivity index (χ1) is 11.9. The smallest absolute Gasteiger partial charge is 0.127 e. The third-order valence-corrected chi connectivity index (χ3v) is 4.25. The second kappa shape index (κ2) is 6.10. The van der Waals surface area contributed by atoms with E-state index in [1.54, 1.807) is 0 Å². The van der Waals surface area contributed by atoms with Crippen molar-refractivity contribution in [1.29, 1.82) is 5.26 Å². The molecule has 24 heavy (non-hydrogen) atoms. The van der Waals surface area contributed by atoms with Crippen LogP contribution in [0.15, 0.2) is 72.9 Å². The minimum absolute atomic E-state index is 0.553. The molecule has 0 unspecified atom stereocenters. The summed E-state index contributed by atoms with van der Waals surface area (Å²) in [6.45, 7) is 1.25. The summed E-state index contributed by atoms with van der Waals surface area (Å²) in [6.07, 6.45) is 1.90. The monoisotopic (exact) mass is 312 g/mol. The number of benzene rings is 3. The van der Waals surface area contributed by atoms with Crippen molar-refractivity contribution in [3.8, 4) is 11.8 Å². The van der Waals surface area contributed by atoms with Gasteiger partial charge in [-0.3, -0.25) is 0 Å². The second-order valence-electron chi connectivity index (χ2n) is 5.69. The van der Waals surface area contributed by atoms with Crippen LogP contribution < -0.4 is 4.74 Å². The lowest BCUT2D eigenvalue weighted by Gasteiger charge is -2.10. The average molecular weight is 312 g/mol. The standard InChI is InChI=1S/C21H16N2O/c22-14-17-15-23(20-10-4-3-8-18(17)20)12-13-24-21-11-5-7-16-6-1-2-9-19(16)21/h1-11,15H,12-13H2. The Bertz CT molecular complexity index is 1050. The minimum atomic E-state index is 0.553. The van der Waals surface area contributed by atoms with Crippen molar-refractivity contribution in [1.82, 2.24) is 4.57 Å². The third kappa shape index (κ3) is 2.49. The summed E-state index contributed by atoms with van der Waals surface area (Å²) >= 11 is 0. The molecule has 0 aliphatic heterocycles. The largest absolute Gasteiger partial charge is 0.491 e. The van der Waals surface area contributed by atoms with Crippen LogP contribution in [0.5, 0.6) is 5.75 Å². The van der Waals surface area contributed by atoms with Crippen molar-refractivity contribution in [2.45, 2.75) is 6.54 Å². The van der Waals surface area contributed by atoms with E-state index in [2.05, 4.69) is 28.8 Å². The predicted octanol–water partition coefficient (Wildman–Crippen LogP) is 4.75. The van der Waals surface area contributed by atoms with Crippen LogP contribution in [0.2, 0.25) is 0 Å². The molecule has 3 aromatic carbocycles. The Kier molecular flexibility index (Phi) is 3.64. The fourth-order valence-corrected chi connectivity index (χ4v) is 3.10. The first-order valence-electron chi connectivity index (χ1n) is 7.95. The summed E-state index contributed by atoms with van der Waals surface area (Å²) in [4.78, 5) is 0. The highest BCUT2D eigenvalue weighted by Crippen LogP contribution is 2.25. The quantitative estimate of drug-likeness (QED) is 0.545. The number of aromatic nitrogens is 1. The van der Waals surface area contributed by atoms with Crippen molar-refractivity contribution in [2.24, 2.45) is 0 Å². The molecule has 0 atom stereocenters. The van der Waals surface area contributed by atoms with Crippen LogP contribution in [0.25, 0.3) is 21.7 Å². The second-order valence-corrected chi connectivity index (χ2v) is 5.69. The number of rotatable bonds is 4. The highest BCUT2D eigenvalue weighted by atomic mass is 16.5. The molecule has 116 valence electrons. The zero-order valence-corrected chi connectivity index (χ0v) is 13.1. The predicted molar refractivity (Wildman–Crippen MR) is 96.1 cm³/mol. The third-order valence-electron chi connectivity index (χ3n) is 4.25. The SMILES string of the molecule is N#Cc1cn(CCOc2cccc3ccccc23)c2ccccc12. The molecule has 1 heterocycles. The zero-order valence-electron chi connectivity index (χ0n) is 13.1. The number of hydrogen-bond donors (Lipinski definition) is 0. The van der Waals surface area contributed by atoms with Crippen LogP contribution in [0.4, 0.5) is 0 Å². The van der Waals surface area contributed by atoms with Gasteiger partial charge in [0.2, 0.25) is 0 Å². The lowest BCUT2D eigenvalue weighted by molar-refractivity contribution is 0.304. The van der Waals surface area contributed by atoms with Gasteiger partial charge in [0.25, 0.3) is 0 Å². The summed E-state index contributed by atoms with van der Waals surface area (Å²) in [6, 6.07) is 24.5. The van der Waals surface area contributed by atoms with Gasteiger partial charge in [0, 0.05) is 22.5 Å². The number of para-hydroxylation sites is 1. The number of ether oxygens (including phenoxy) is 1. The molecule has 0 bridgehead atoms. The van der Waals surface area contributed by atoms with Gasteiger partial charge in [0.05, 0.1) is 12.1 Å². The fourth-order valence-electron chi connectivity index (χ4n) is 3.10. The highest BCUT2D eigenvalue weighted by molar-refractivity contribution is 5.88. The molecule has 0 fully saturated rings. The van der Waals surface area contributed by atoms with Gasteiger partial charge in [-0.05, 0) is 17.5 Å². The first kappa shape index (κ1) is 14.3. The van der Waals surface area contributed by atoms with Crippen molar-refractivity contribution < 1.29 is 4.74 Å². The Balaban J connectivity index is 1.57. The maximum absolute atomic E-state index is 9.28. The van der Waals surface area contributed by atoms with E-state index < -0.39 is 0 Å². The van der Waals surface area contributed by atoms with Crippen molar-refractivity contribution in [3.63, 3.8) is 0 Å². The van der Waals surface area contributed by atoms with Gasteiger partial charge in [-0.15, -0.1) is 0 Å². The van der Waals surface area contributed by atoms with Crippen LogP contribution in [-0.2, 0) is 6.54 Å². The maximum atomic E-state index is 9.28. The molecule has 0 spiro atoms. The number of fused-ring (bicyclic) bond motifs is 2. The van der Waals surface area contributed by atoms with Crippen LogP contribution in [-0.4, -0.2) is 11.2 Å². The fraction of sp³-hybridized carbons (Fsp3) is 0.0952. The van der Waals surface area contributed by atoms with E-state index in [1.807, 2.05) is 54.7 Å². The van der Waals surface area contributed by atoms with Gasteiger partial charge in [0.1, 0.15) is 18.4 Å². The molecule has 0 radical (unpaired) electrons. The molecule has 3 nitrogen and oxygen atoms in total. The molecule has 0 aliphatic rings. The van der Waals surface area contributed by atoms with Crippen molar-refractivity contribution in [3.05, 3.63) is 78.5 Å². The first-order valence-corrected chi connectivity index (χ1v) is 7.95. The van der Waals surface area contributed by atoms with E-state index >= 15 is 0 Å². The Hall–Kier alpha value is -3.25. The maximum Gasteiger partial charge on any atom is 0.127 e. The lowest BCUT2D eigenvalue weighted by atomic mass is 10.1. The normalized spacial score (nSPS) is 10.8. The van der Waals surface area contributed by atoms with Crippen molar-refractivity contribution >= 4 is 21.7 Å². The number of nitriles is 1. The summed E-state index contributed by atoms with van der Waals surface area (Å²) in [7, 11) is 0. The molecule has 0 aliphatic carbocycles. The van der Waals surface area contributed by atoms with Crippen molar-refractivity contribution in [2.75, 3.05) is 6.61 Å². The van der Waals surface area contributed by atoms with E-state index in [0.717, 1.165) is 22.0 Å². The van der Waals surface area contributed by atoms with E-state index in [9.17, 15) is 5.26 Å². The average Bonchev–Trinajstić information content (AvgIpc) is 3.00. The Morgan fingerprint density at radius 2 is 1.62 bits per heavy atom. The van der Waals surface area contributed by atoms with E-state index in [0.29, 0.717) is 18.7 Å². The van der Waals surface area contributed by atoms with Gasteiger partial charge in [0.15, 0.2) is 0 Å². The molecule has 4 rings (SSSR count). The minimum Gasteiger partial charge on any atom is -0.491 e. The van der Waals surface area contributed by atoms with E-state index in [1.165, 1.54) is 5.39 Å². The topological polar surface area (TPSA) is 38.0 Å². The molecule has 0 amide bonds. The Morgan fingerprint density at radius 3 is 2.50 bits per heavy atom. The van der Waals surface area contributed by atoms with E-state index in [4.69, 9.17) is 4.74 Å². The van der Waals surface area contributed by atoms with Crippen LogP contribution in [0.3, 0.4) is 0 Å². The molecule has 0 N–H and O–H groups in total. The van der Waals surface area contributed by atoms with Gasteiger partial charge in [-0.2, -0.15) is 5.26 Å². The van der Waals surface area contributed by atoms with Gasteiger partial charge in [-0.25, -0.2) is 0 Å². The molecular formula is C21H16N2O. The molecular weight excluding hydrogens is 296 g/mol. The molecule has 3 heteroatoms. The van der Waals surface area contributed by atoms with Gasteiger partial charge < -0.3 is 9.30 Å².